The SMILES string of the molecule is O=S(=O)(O)CC(F)(F)CNC12CC3CC(CC(C3)C1)C2. The van der Waals surface area contributed by atoms with Crippen LogP contribution >= 0.6 is 0 Å². The lowest BCUT2D eigenvalue weighted by Gasteiger charge is -2.57. The van der Waals surface area contributed by atoms with E-state index < -0.39 is 28.3 Å². The van der Waals surface area contributed by atoms with Crippen LogP contribution in [0.1, 0.15) is 38.5 Å². The summed E-state index contributed by atoms with van der Waals surface area (Å²) in [5.41, 5.74) is -0.225. The Kier molecular flexibility index (Phi) is 3.38. The average Bonchev–Trinajstić information content (AvgIpc) is 2.21. The molecule has 116 valence electrons. The van der Waals surface area contributed by atoms with Gasteiger partial charge in [0.05, 0.1) is 6.54 Å². The standard InChI is InChI=1S/C13H21F2NO3S/c14-13(15,8-20(17,18)19)7-16-12-4-9-1-10(5-12)3-11(2-9)6-12/h9-11,16H,1-8H2,(H,17,18,19). The van der Waals surface area contributed by atoms with Crippen molar-refractivity contribution in [3.8, 4) is 0 Å². The van der Waals surface area contributed by atoms with Crippen LogP contribution < -0.4 is 5.32 Å². The number of halogens is 2. The van der Waals surface area contributed by atoms with Crippen LogP contribution in [-0.2, 0) is 10.1 Å². The maximum Gasteiger partial charge on any atom is 0.276 e. The van der Waals surface area contributed by atoms with Crippen molar-refractivity contribution in [2.45, 2.75) is 50.0 Å². The van der Waals surface area contributed by atoms with Gasteiger partial charge in [-0.15, -0.1) is 0 Å². The Labute approximate surface area is 118 Å². The number of nitrogens with one attached hydrogen (secondary N) is 1. The molecule has 4 saturated carbocycles. The fraction of sp³-hybridized carbons (Fsp3) is 1.00. The largest absolute Gasteiger partial charge is 0.306 e. The highest BCUT2D eigenvalue weighted by Gasteiger charge is 2.51. The number of hydrogen-bond acceptors (Lipinski definition) is 3. The van der Waals surface area contributed by atoms with Crippen LogP contribution in [0.3, 0.4) is 0 Å². The molecule has 0 radical (unpaired) electrons. The van der Waals surface area contributed by atoms with E-state index in [1.165, 1.54) is 19.3 Å². The van der Waals surface area contributed by atoms with Crippen LogP contribution in [0.4, 0.5) is 8.78 Å². The lowest BCUT2D eigenvalue weighted by molar-refractivity contribution is -0.0430. The predicted octanol–water partition coefficient (Wildman–Crippen LogP) is 2.07. The highest BCUT2D eigenvalue weighted by atomic mass is 32.2. The van der Waals surface area contributed by atoms with Crippen molar-refractivity contribution in [2.24, 2.45) is 17.8 Å². The zero-order valence-corrected chi connectivity index (χ0v) is 12.1. The summed E-state index contributed by atoms with van der Waals surface area (Å²) in [6.45, 7) is -0.668. The molecule has 0 aliphatic heterocycles. The summed E-state index contributed by atoms with van der Waals surface area (Å²) < 4.78 is 57.0. The molecule has 0 unspecified atom stereocenters. The van der Waals surface area contributed by atoms with Gasteiger partial charge in [-0.05, 0) is 56.3 Å². The molecule has 0 spiro atoms. The molecule has 4 bridgehead atoms. The highest BCUT2D eigenvalue weighted by Crippen LogP contribution is 2.55. The van der Waals surface area contributed by atoms with Gasteiger partial charge in [-0.3, -0.25) is 4.55 Å². The Bertz CT molecular complexity index is 457. The minimum Gasteiger partial charge on any atom is -0.306 e. The Balaban J connectivity index is 1.63. The van der Waals surface area contributed by atoms with E-state index >= 15 is 0 Å². The van der Waals surface area contributed by atoms with E-state index in [4.69, 9.17) is 4.55 Å². The summed E-state index contributed by atoms with van der Waals surface area (Å²) >= 11 is 0. The van der Waals surface area contributed by atoms with E-state index in [1.807, 2.05) is 0 Å². The quantitative estimate of drug-likeness (QED) is 0.763. The molecule has 0 amide bonds. The second-order valence-electron chi connectivity index (χ2n) is 7.13. The summed E-state index contributed by atoms with van der Waals surface area (Å²) in [5.74, 6) is -2.99. The molecule has 4 aliphatic carbocycles. The number of rotatable bonds is 5. The van der Waals surface area contributed by atoms with Crippen LogP contribution in [0, 0.1) is 17.8 Å². The van der Waals surface area contributed by atoms with Gasteiger partial charge in [0, 0.05) is 5.54 Å². The van der Waals surface area contributed by atoms with Gasteiger partial charge in [0.15, 0.2) is 0 Å². The van der Waals surface area contributed by atoms with E-state index in [9.17, 15) is 17.2 Å². The van der Waals surface area contributed by atoms with Crippen molar-refractivity contribution in [3.63, 3.8) is 0 Å². The van der Waals surface area contributed by atoms with Gasteiger partial charge < -0.3 is 5.32 Å². The van der Waals surface area contributed by atoms with Gasteiger partial charge in [0.2, 0.25) is 0 Å². The van der Waals surface area contributed by atoms with Crippen LogP contribution in [-0.4, -0.2) is 36.7 Å². The Hall–Kier alpha value is -0.270. The number of hydrogen-bond donors (Lipinski definition) is 2. The predicted molar refractivity (Wildman–Crippen MR) is 70.3 cm³/mol. The molecule has 7 heteroatoms. The van der Waals surface area contributed by atoms with E-state index in [0.29, 0.717) is 17.8 Å². The molecule has 0 heterocycles. The molecule has 4 aliphatic rings. The first-order valence-electron chi connectivity index (χ1n) is 7.23. The van der Waals surface area contributed by atoms with Gasteiger partial charge in [0.25, 0.3) is 16.0 Å². The summed E-state index contributed by atoms with van der Waals surface area (Å²) in [4.78, 5) is 0. The van der Waals surface area contributed by atoms with Crippen LogP contribution in [0.5, 0.6) is 0 Å². The fourth-order valence-corrected chi connectivity index (χ4v) is 5.60. The van der Waals surface area contributed by atoms with Gasteiger partial charge >= 0.3 is 0 Å². The average molecular weight is 309 g/mol. The molecule has 0 aromatic heterocycles. The van der Waals surface area contributed by atoms with E-state index in [0.717, 1.165) is 19.3 Å². The maximum atomic E-state index is 13.6. The molecule has 2 N–H and O–H groups in total. The van der Waals surface area contributed by atoms with E-state index in [2.05, 4.69) is 5.32 Å². The molecular formula is C13H21F2NO3S. The Morgan fingerprint density at radius 1 is 1.10 bits per heavy atom. The van der Waals surface area contributed by atoms with Gasteiger partial charge in [-0.1, -0.05) is 0 Å². The lowest BCUT2D eigenvalue weighted by Crippen LogP contribution is -2.60. The van der Waals surface area contributed by atoms with Gasteiger partial charge in [-0.2, -0.15) is 8.42 Å². The monoisotopic (exact) mass is 309 g/mol. The molecule has 0 aromatic rings. The van der Waals surface area contributed by atoms with Crippen molar-refractivity contribution >= 4 is 10.1 Å². The zero-order valence-electron chi connectivity index (χ0n) is 11.3. The summed E-state index contributed by atoms with van der Waals surface area (Å²) in [7, 11) is -4.65. The Morgan fingerprint density at radius 2 is 1.55 bits per heavy atom. The normalized spacial score (nSPS) is 40.2. The third-order valence-corrected chi connectivity index (χ3v) is 5.94. The second-order valence-corrected chi connectivity index (χ2v) is 8.59. The number of alkyl halides is 2. The van der Waals surface area contributed by atoms with Crippen molar-refractivity contribution in [1.29, 1.82) is 0 Å². The van der Waals surface area contributed by atoms with Crippen molar-refractivity contribution in [1.82, 2.24) is 5.32 Å². The van der Waals surface area contributed by atoms with Gasteiger partial charge in [-0.25, -0.2) is 8.78 Å². The highest BCUT2D eigenvalue weighted by molar-refractivity contribution is 7.85. The Morgan fingerprint density at radius 3 is 1.95 bits per heavy atom. The minimum absolute atomic E-state index is 0.225. The van der Waals surface area contributed by atoms with Crippen molar-refractivity contribution in [3.05, 3.63) is 0 Å². The maximum absolute atomic E-state index is 13.6. The first-order valence-corrected chi connectivity index (χ1v) is 8.84. The second kappa shape index (κ2) is 4.61. The summed E-state index contributed by atoms with van der Waals surface area (Å²) in [6, 6.07) is 0. The van der Waals surface area contributed by atoms with E-state index in [1.54, 1.807) is 0 Å². The third kappa shape index (κ3) is 3.14. The lowest BCUT2D eigenvalue weighted by atomic mass is 9.53. The van der Waals surface area contributed by atoms with Crippen LogP contribution in [0.25, 0.3) is 0 Å². The molecular weight excluding hydrogens is 288 g/mol. The van der Waals surface area contributed by atoms with Gasteiger partial charge in [0.1, 0.15) is 5.75 Å². The van der Waals surface area contributed by atoms with Crippen LogP contribution in [0.15, 0.2) is 0 Å². The summed E-state index contributed by atoms with van der Waals surface area (Å²) in [6.07, 6.45) is 6.47. The first-order chi connectivity index (χ1) is 9.15. The van der Waals surface area contributed by atoms with Crippen molar-refractivity contribution in [2.75, 3.05) is 12.3 Å². The van der Waals surface area contributed by atoms with Crippen LogP contribution in [0.2, 0.25) is 0 Å². The molecule has 0 saturated heterocycles. The molecule has 4 rings (SSSR count). The topological polar surface area (TPSA) is 66.4 Å². The molecule has 4 fully saturated rings. The fourth-order valence-electron chi connectivity index (χ4n) is 4.96. The first kappa shape index (κ1) is 14.7. The smallest absolute Gasteiger partial charge is 0.276 e. The molecule has 0 aromatic carbocycles. The zero-order chi connectivity index (χ0) is 14.6. The van der Waals surface area contributed by atoms with E-state index in [-0.39, 0.29) is 5.54 Å². The molecule has 20 heavy (non-hydrogen) atoms. The molecule has 0 atom stereocenters. The summed E-state index contributed by atoms with van der Waals surface area (Å²) in [5, 5.41) is 2.96. The van der Waals surface area contributed by atoms with Crippen molar-refractivity contribution < 1.29 is 21.8 Å². The third-order valence-electron chi connectivity index (χ3n) is 5.15. The minimum atomic E-state index is -4.65. The molecule has 4 nitrogen and oxygen atoms in total.